The summed E-state index contributed by atoms with van der Waals surface area (Å²) < 4.78 is 0. The van der Waals surface area contributed by atoms with Crippen LogP contribution in [0.4, 0.5) is 0 Å². The van der Waals surface area contributed by atoms with Crippen molar-refractivity contribution in [1.29, 1.82) is 0 Å². The minimum Gasteiger partial charge on any atom is -1.00 e. The van der Waals surface area contributed by atoms with Crippen LogP contribution in [0.3, 0.4) is 0 Å². The van der Waals surface area contributed by atoms with Gasteiger partial charge < -0.3 is 2.85 Å². The number of hydrogen-bond donors (Lipinski definition) is 0. The Labute approximate surface area is 109 Å². The Morgan fingerprint density at radius 2 is 0.929 bits per heavy atom. The predicted octanol–water partition coefficient (Wildman–Crippen LogP) is 3.87. The van der Waals surface area contributed by atoms with E-state index in [0.717, 1.165) is 5.02 Å². The van der Waals surface area contributed by atoms with Crippen molar-refractivity contribution < 1.29 is 2.85 Å². The maximum atomic E-state index is 5.54. The van der Waals surface area contributed by atoms with Gasteiger partial charge in [0.2, 0.25) is 0 Å². The van der Waals surface area contributed by atoms with Crippen molar-refractivity contribution in [2.75, 3.05) is 0 Å². The van der Waals surface area contributed by atoms with Crippen molar-refractivity contribution >= 4 is 34.7 Å². The summed E-state index contributed by atoms with van der Waals surface area (Å²) in [5.74, 6) is 0. The Bertz CT molecular complexity index is 290. The van der Waals surface area contributed by atoms with Gasteiger partial charge in [-0.15, -0.1) is 0 Å². The molecular weight excluding hydrogens is 204 g/mol. The average Bonchev–Trinajstić information content (AvgIpc) is 2.22. The fraction of sp³-hybridized carbons (Fsp3) is 0. The van der Waals surface area contributed by atoms with Crippen molar-refractivity contribution in [3.05, 3.63) is 71.8 Å². The molecule has 0 spiro atoms. The maximum absolute atomic E-state index is 5.54. The third kappa shape index (κ3) is 6.95. The van der Waals surface area contributed by atoms with E-state index in [1.807, 2.05) is 66.7 Å². The molecule has 0 aliphatic rings. The van der Waals surface area contributed by atoms with Gasteiger partial charge in [0.1, 0.15) is 0 Å². The van der Waals surface area contributed by atoms with Crippen LogP contribution in [0.1, 0.15) is 2.85 Å². The van der Waals surface area contributed by atoms with E-state index in [1.165, 1.54) is 0 Å². The van der Waals surface area contributed by atoms with Gasteiger partial charge in [-0.3, -0.25) is 0 Å². The normalized spacial score (nSPS) is 7.79. The van der Waals surface area contributed by atoms with E-state index in [-0.39, 0.29) is 25.9 Å². The van der Waals surface area contributed by atoms with Gasteiger partial charge in [0, 0.05) is 5.02 Å². The molecule has 0 nitrogen and oxygen atoms in total. The van der Waals surface area contributed by atoms with Crippen molar-refractivity contribution in [1.82, 2.24) is 0 Å². The molecule has 0 saturated heterocycles. The van der Waals surface area contributed by atoms with Gasteiger partial charge in [-0.1, -0.05) is 66.2 Å². The molecule has 0 aliphatic carbocycles. The van der Waals surface area contributed by atoms with E-state index in [4.69, 9.17) is 11.6 Å². The minimum atomic E-state index is 0. The summed E-state index contributed by atoms with van der Waals surface area (Å²) in [5.41, 5.74) is 0. The maximum Gasteiger partial charge on any atom is 2.00 e. The van der Waals surface area contributed by atoms with Crippen molar-refractivity contribution in [3.63, 3.8) is 0 Å². The summed E-state index contributed by atoms with van der Waals surface area (Å²) >= 11 is 5.54. The second kappa shape index (κ2) is 9.07. The van der Waals surface area contributed by atoms with Gasteiger partial charge in [-0.05, 0) is 12.1 Å². The van der Waals surface area contributed by atoms with E-state index in [0.29, 0.717) is 0 Å². The molecule has 2 rings (SSSR count). The van der Waals surface area contributed by atoms with Crippen molar-refractivity contribution in [2.24, 2.45) is 0 Å². The Hall–Kier alpha value is -0.504. The quantitative estimate of drug-likeness (QED) is 0.587. The van der Waals surface area contributed by atoms with Crippen LogP contribution in [0.2, 0.25) is 5.02 Å². The fourth-order valence-corrected chi connectivity index (χ4v) is 0.945. The van der Waals surface area contributed by atoms with Gasteiger partial charge in [0.15, 0.2) is 0 Å². The number of halogens is 1. The number of rotatable bonds is 0. The first-order chi connectivity index (χ1) is 6.39. The molecule has 0 aromatic heterocycles. The van der Waals surface area contributed by atoms with Crippen LogP contribution >= 0.6 is 11.6 Å². The largest absolute Gasteiger partial charge is 2.00 e. The Balaban J connectivity index is -0.000000179. The van der Waals surface area contributed by atoms with E-state index >= 15 is 0 Å². The summed E-state index contributed by atoms with van der Waals surface area (Å²) in [5, 5.41) is 0.794. The molecule has 2 heteroatoms. The molecule has 0 N–H and O–H groups in total. The van der Waals surface area contributed by atoms with Gasteiger partial charge in [0.05, 0.1) is 0 Å². The molecule has 0 radical (unpaired) electrons. The molecule has 0 bridgehead atoms. The molecule has 0 saturated carbocycles. The zero-order chi connectivity index (χ0) is 9.36. The Morgan fingerprint density at radius 3 is 1.14 bits per heavy atom. The predicted molar refractivity (Wildman–Crippen MR) is 65.9 cm³/mol. The Kier molecular flexibility index (Phi) is 8.74. The standard InChI is InChI=1S/C6H5Cl.C6H6.Mg.2H/c7-6-4-2-1-3-5-6;1-2-4-6-5-3-1;;;/h1-5H;1-6H;;;/q;;+2;2*-1. The fourth-order valence-electron chi connectivity index (χ4n) is 0.800. The summed E-state index contributed by atoms with van der Waals surface area (Å²) in [6.45, 7) is 0. The summed E-state index contributed by atoms with van der Waals surface area (Å²) in [7, 11) is 0. The topological polar surface area (TPSA) is 0 Å². The molecular formula is C12H13ClMg. The monoisotopic (exact) mass is 216 g/mol. The summed E-state index contributed by atoms with van der Waals surface area (Å²) in [4.78, 5) is 0. The molecule has 0 unspecified atom stereocenters. The van der Waals surface area contributed by atoms with Crippen LogP contribution in [0.15, 0.2) is 66.7 Å². The second-order valence-electron chi connectivity index (χ2n) is 2.45. The van der Waals surface area contributed by atoms with E-state index in [9.17, 15) is 0 Å². The van der Waals surface area contributed by atoms with Crippen LogP contribution in [0, 0.1) is 0 Å². The third-order valence-corrected chi connectivity index (χ3v) is 1.65. The molecule has 0 heterocycles. The minimum absolute atomic E-state index is 0. The van der Waals surface area contributed by atoms with Crippen molar-refractivity contribution in [2.45, 2.75) is 0 Å². The molecule has 2 aromatic carbocycles. The zero-order valence-corrected chi connectivity index (χ0v) is 10.1. The van der Waals surface area contributed by atoms with Gasteiger partial charge >= 0.3 is 23.1 Å². The summed E-state index contributed by atoms with van der Waals surface area (Å²) in [6.07, 6.45) is 0. The molecule has 2 aromatic rings. The van der Waals surface area contributed by atoms with Gasteiger partial charge in [0.25, 0.3) is 0 Å². The smallest absolute Gasteiger partial charge is 1.00 e. The molecule has 0 aliphatic heterocycles. The third-order valence-electron chi connectivity index (χ3n) is 1.40. The van der Waals surface area contributed by atoms with Crippen LogP contribution < -0.4 is 0 Å². The Morgan fingerprint density at radius 1 is 0.643 bits per heavy atom. The van der Waals surface area contributed by atoms with Crippen LogP contribution in [0.5, 0.6) is 0 Å². The average molecular weight is 217 g/mol. The van der Waals surface area contributed by atoms with Gasteiger partial charge in [-0.2, -0.15) is 0 Å². The number of hydrogen-bond acceptors (Lipinski definition) is 0. The van der Waals surface area contributed by atoms with Crippen LogP contribution in [0.25, 0.3) is 0 Å². The second-order valence-corrected chi connectivity index (χ2v) is 2.89. The molecule has 70 valence electrons. The molecule has 0 fully saturated rings. The van der Waals surface area contributed by atoms with E-state index in [2.05, 4.69) is 0 Å². The first-order valence-corrected chi connectivity index (χ1v) is 4.48. The van der Waals surface area contributed by atoms with Crippen molar-refractivity contribution in [3.8, 4) is 0 Å². The molecule has 0 amide bonds. The summed E-state index contributed by atoms with van der Waals surface area (Å²) in [6, 6.07) is 21.4. The van der Waals surface area contributed by atoms with E-state index < -0.39 is 0 Å². The zero-order valence-electron chi connectivity index (χ0n) is 9.94. The first kappa shape index (κ1) is 13.5. The van der Waals surface area contributed by atoms with Crippen LogP contribution in [-0.2, 0) is 0 Å². The van der Waals surface area contributed by atoms with E-state index in [1.54, 1.807) is 0 Å². The SMILES string of the molecule is Clc1ccccc1.[H-].[H-].[Mg+2].c1ccccc1. The van der Waals surface area contributed by atoms with Crippen LogP contribution in [-0.4, -0.2) is 23.1 Å². The van der Waals surface area contributed by atoms with Gasteiger partial charge in [-0.25, -0.2) is 0 Å². The first-order valence-electron chi connectivity index (χ1n) is 4.10. The molecule has 14 heavy (non-hydrogen) atoms. The molecule has 0 atom stereocenters. The number of benzene rings is 2.